The summed E-state index contributed by atoms with van der Waals surface area (Å²) in [4.78, 5) is 3.68. The third-order valence-electron chi connectivity index (χ3n) is 5.31. The number of nitrogens with one attached hydrogen (secondary N) is 2. The van der Waals surface area contributed by atoms with Crippen LogP contribution in [0.25, 0.3) is 10.9 Å². The van der Waals surface area contributed by atoms with E-state index in [4.69, 9.17) is 0 Å². The molecule has 0 fully saturated rings. The molecule has 1 aliphatic rings. The first-order chi connectivity index (χ1) is 11.8. The maximum atomic E-state index is 3.87. The van der Waals surface area contributed by atoms with Gasteiger partial charge < -0.3 is 10.3 Å². The minimum Gasteiger partial charge on any atom is -0.357 e. The van der Waals surface area contributed by atoms with E-state index in [1.807, 2.05) is 0 Å². The standard InChI is InChI=1S/C22H26N2.ClH/c1-16(14-15-17-8-3-2-4-9-17)23-21-13-7-11-19-18-10-5-6-12-20(18)24-22(19)21;/h2-6,8-10,12,16,21,23-24H,7,11,13-15H2,1H3;1H/t16-,21?;/m1./s1. The zero-order valence-corrected chi connectivity index (χ0v) is 15.6. The first-order valence-electron chi connectivity index (χ1n) is 9.21. The molecule has 1 unspecified atom stereocenters. The minimum absolute atomic E-state index is 0. The van der Waals surface area contributed by atoms with Crippen LogP contribution in [0, 0.1) is 0 Å². The number of hydrogen-bond acceptors (Lipinski definition) is 1. The van der Waals surface area contributed by atoms with Crippen LogP contribution in [0.5, 0.6) is 0 Å². The minimum atomic E-state index is 0. The summed E-state index contributed by atoms with van der Waals surface area (Å²) >= 11 is 0. The molecule has 132 valence electrons. The van der Waals surface area contributed by atoms with Crippen LogP contribution in [-0.2, 0) is 12.8 Å². The van der Waals surface area contributed by atoms with Crippen molar-refractivity contribution >= 4 is 23.3 Å². The van der Waals surface area contributed by atoms with Crippen LogP contribution in [0.4, 0.5) is 0 Å². The second kappa shape index (κ2) is 8.07. The molecule has 2 N–H and O–H groups in total. The van der Waals surface area contributed by atoms with Gasteiger partial charge in [-0.2, -0.15) is 0 Å². The molecule has 0 aliphatic heterocycles. The van der Waals surface area contributed by atoms with E-state index in [0.29, 0.717) is 12.1 Å². The van der Waals surface area contributed by atoms with Crippen LogP contribution in [0.2, 0.25) is 0 Å². The van der Waals surface area contributed by atoms with Gasteiger partial charge in [-0.1, -0.05) is 48.5 Å². The van der Waals surface area contributed by atoms with E-state index < -0.39 is 0 Å². The summed E-state index contributed by atoms with van der Waals surface area (Å²) in [6, 6.07) is 20.5. The number of para-hydroxylation sites is 1. The fourth-order valence-electron chi connectivity index (χ4n) is 4.04. The van der Waals surface area contributed by atoms with Crippen LogP contribution in [0.1, 0.15) is 49.0 Å². The van der Waals surface area contributed by atoms with Crippen LogP contribution < -0.4 is 5.32 Å². The summed E-state index contributed by atoms with van der Waals surface area (Å²) in [6.07, 6.45) is 6.03. The number of rotatable bonds is 5. The van der Waals surface area contributed by atoms with Crippen molar-refractivity contribution in [1.29, 1.82) is 0 Å². The summed E-state index contributed by atoms with van der Waals surface area (Å²) < 4.78 is 0. The number of aryl methyl sites for hydroxylation is 2. The Hall–Kier alpha value is -1.77. The van der Waals surface area contributed by atoms with Gasteiger partial charge in [-0.25, -0.2) is 0 Å². The average Bonchev–Trinajstić information content (AvgIpc) is 3.01. The van der Waals surface area contributed by atoms with Crippen molar-refractivity contribution in [3.8, 4) is 0 Å². The molecule has 2 nitrogen and oxygen atoms in total. The topological polar surface area (TPSA) is 27.8 Å². The molecule has 0 amide bonds. The fourth-order valence-corrected chi connectivity index (χ4v) is 4.04. The van der Waals surface area contributed by atoms with Crippen LogP contribution in [0.15, 0.2) is 54.6 Å². The maximum Gasteiger partial charge on any atom is 0.0478 e. The van der Waals surface area contributed by atoms with Gasteiger partial charge in [0.1, 0.15) is 0 Å². The van der Waals surface area contributed by atoms with Crippen molar-refractivity contribution < 1.29 is 0 Å². The fraction of sp³-hybridized carbons (Fsp3) is 0.364. The molecule has 1 aliphatic carbocycles. The van der Waals surface area contributed by atoms with E-state index in [9.17, 15) is 0 Å². The lowest BCUT2D eigenvalue weighted by molar-refractivity contribution is 0.391. The van der Waals surface area contributed by atoms with Crippen molar-refractivity contribution in [2.75, 3.05) is 0 Å². The lowest BCUT2D eigenvalue weighted by Gasteiger charge is -2.27. The number of hydrogen-bond donors (Lipinski definition) is 2. The number of aromatic amines is 1. The second-order valence-electron chi connectivity index (χ2n) is 7.10. The Kier molecular flexibility index (Phi) is 5.82. The molecule has 4 rings (SSSR count). The predicted molar refractivity (Wildman–Crippen MR) is 109 cm³/mol. The predicted octanol–water partition coefficient (Wildman–Crippen LogP) is 5.58. The lowest BCUT2D eigenvalue weighted by Crippen LogP contribution is -2.33. The average molecular weight is 355 g/mol. The van der Waals surface area contributed by atoms with Crippen LogP contribution in [0.3, 0.4) is 0 Å². The van der Waals surface area contributed by atoms with Crippen molar-refractivity contribution in [2.24, 2.45) is 0 Å². The van der Waals surface area contributed by atoms with E-state index in [0.717, 1.165) is 6.42 Å². The molecular weight excluding hydrogens is 328 g/mol. The van der Waals surface area contributed by atoms with Crippen molar-refractivity contribution in [2.45, 2.75) is 51.1 Å². The van der Waals surface area contributed by atoms with Gasteiger partial charge in [-0.15, -0.1) is 12.4 Å². The zero-order chi connectivity index (χ0) is 16.4. The van der Waals surface area contributed by atoms with E-state index in [-0.39, 0.29) is 12.4 Å². The Morgan fingerprint density at radius 2 is 1.84 bits per heavy atom. The molecule has 1 aromatic heterocycles. The molecule has 0 saturated heterocycles. The highest BCUT2D eigenvalue weighted by Gasteiger charge is 2.24. The van der Waals surface area contributed by atoms with Gasteiger partial charge in [0.2, 0.25) is 0 Å². The van der Waals surface area contributed by atoms with Crippen molar-refractivity contribution in [3.05, 3.63) is 71.4 Å². The molecule has 2 aromatic carbocycles. The molecule has 2 atom stereocenters. The Morgan fingerprint density at radius 1 is 1.08 bits per heavy atom. The number of fused-ring (bicyclic) bond motifs is 3. The summed E-state index contributed by atoms with van der Waals surface area (Å²) in [5.41, 5.74) is 5.67. The molecule has 3 aromatic rings. The third kappa shape index (κ3) is 3.91. The van der Waals surface area contributed by atoms with Crippen molar-refractivity contribution in [3.63, 3.8) is 0 Å². The molecule has 25 heavy (non-hydrogen) atoms. The van der Waals surface area contributed by atoms with E-state index in [1.165, 1.54) is 53.4 Å². The first-order valence-corrected chi connectivity index (χ1v) is 9.21. The summed E-state index contributed by atoms with van der Waals surface area (Å²) in [7, 11) is 0. The molecule has 0 saturated carbocycles. The van der Waals surface area contributed by atoms with Gasteiger partial charge in [0, 0.05) is 28.7 Å². The molecule has 1 heterocycles. The molecule has 0 bridgehead atoms. The zero-order valence-electron chi connectivity index (χ0n) is 14.8. The summed E-state index contributed by atoms with van der Waals surface area (Å²) in [5, 5.41) is 5.29. The molecule has 0 spiro atoms. The second-order valence-corrected chi connectivity index (χ2v) is 7.10. The van der Waals surface area contributed by atoms with Gasteiger partial charge in [-0.05, 0) is 56.2 Å². The number of H-pyrrole nitrogens is 1. The maximum absolute atomic E-state index is 3.87. The highest BCUT2D eigenvalue weighted by atomic mass is 35.5. The Morgan fingerprint density at radius 3 is 2.68 bits per heavy atom. The monoisotopic (exact) mass is 354 g/mol. The highest BCUT2D eigenvalue weighted by Crippen LogP contribution is 2.34. The number of halogens is 1. The van der Waals surface area contributed by atoms with E-state index >= 15 is 0 Å². The summed E-state index contributed by atoms with van der Waals surface area (Å²) in [5.74, 6) is 0. The smallest absolute Gasteiger partial charge is 0.0478 e. The van der Waals surface area contributed by atoms with Crippen LogP contribution in [-0.4, -0.2) is 11.0 Å². The molecule has 3 heteroatoms. The van der Waals surface area contributed by atoms with Gasteiger partial charge in [0.05, 0.1) is 0 Å². The summed E-state index contributed by atoms with van der Waals surface area (Å²) in [6.45, 7) is 2.32. The van der Waals surface area contributed by atoms with Gasteiger partial charge in [0.25, 0.3) is 0 Å². The van der Waals surface area contributed by atoms with Crippen LogP contribution >= 0.6 is 12.4 Å². The first kappa shape index (κ1) is 18.0. The van der Waals surface area contributed by atoms with E-state index in [2.05, 4.69) is 71.8 Å². The lowest BCUT2D eigenvalue weighted by atomic mass is 9.91. The largest absolute Gasteiger partial charge is 0.357 e. The molecule has 0 radical (unpaired) electrons. The van der Waals surface area contributed by atoms with Gasteiger partial charge >= 0.3 is 0 Å². The number of benzene rings is 2. The number of aromatic nitrogens is 1. The molecular formula is C22H27ClN2. The SMILES string of the molecule is C[C@H](CCc1ccccc1)NC1CCCc2c1[nH]c1ccccc21.Cl. The Bertz CT molecular complexity index is 809. The quantitative estimate of drug-likeness (QED) is 0.615. The highest BCUT2D eigenvalue weighted by molar-refractivity contribution is 5.85. The third-order valence-corrected chi connectivity index (χ3v) is 5.31. The normalized spacial score (nSPS) is 17.7. The Labute approximate surface area is 156 Å². The van der Waals surface area contributed by atoms with Crippen molar-refractivity contribution in [1.82, 2.24) is 10.3 Å². The van der Waals surface area contributed by atoms with Gasteiger partial charge in [-0.3, -0.25) is 0 Å². The van der Waals surface area contributed by atoms with E-state index in [1.54, 1.807) is 0 Å². The van der Waals surface area contributed by atoms with Gasteiger partial charge in [0.15, 0.2) is 0 Å². The Balaban J connectivity index is 0.00000182.